The zero-order chi connectivity index (χ0) is 14.0. The van der Waals surface area contributed by atoms with Crippen LogP contribution >= 0.6 is 0 Å². The second kappa shape index (κ2) is 5.38. The van der Waals surface area contributed by atoms with Gasteiger partial charge in [-0.15, -0.1) is 0 Å². The number of hydrogen-bond donors (Lipinski definition) is 0. The summed E-state index contributed by atoms with van der Waals surface area (Å²) in [6, 6.07) is 5.54. The van der Waals surface area contributed by atoms with Crippen LogP contribution in [0.3, 0.4) is 0 Å². The topological polar surface area (TPSA) is 44.8 Å². The molecule has 2 aliphatic rings. The van der Waals surface area contributed by atoms with Crippen LogP contribution in [0.15, 0.2) is 24.3 Å². The Labute approximate surface area is 118 Å². The van der Waals surface area contributed by atoms with Crippen LogP contribution in [0.1, 0.15) is 35.2 Å². The SMILES string of the molecule is COc1cc(C=O)ccc1C1=CCC2(CC1)OCCO2. The van der Waals surface area contributed by atoms with Crippen molar-refractivity contribution in [3.63, 3.8) is 0 Å². The van der Waals surface area contributed by atoms with Gasteiger partial charge in [-0.25, -0.2) is 0 Å². The van der Waals surface area contributed by atoms with Crippen molar-refractivity contribution >= 4 is 11.9 Å². The molecule has 0 N–H and O–H groups in total. The van der Waals surface area contributed by atoms with Crippen LogP contribution in [0, 0.1) is 0 Å². The average molecular weight is 274 g/mol. The van der Waals surface area contributed by atoms with E-state index >= 15 is 0 Å². The van der Waals surface area contributed by atoms with Crippen molar-refractivity contribution in [2.45, 2.75) is 25.0 Å². The first-order valence-corrected chi connectivity index (χ1v) is 6.87. The minimum atomic E-state index is -0.403. The van der Waals surface area contributed by atoms with Gasteiger partial charge in [-0.3, -0.25) is 4.79 Å². The van der Waals surface area contributed by atoms with Crippen molar-refractivity contribution in [2.24, 2.45) is 0 Å². The lowest BCUT2D eigenvalue weighted by atomic mass is 9.89. The number of aldehydes is 1. The molecule has 4 nitrogen and oxygen atoms in total. The number of rotatable bonds is 3. The van der Waals surface area contributed by atoms with Crippen LogP contribution in [-0.2, 0) is 9.47 Å². The highest BCUT2D eigenvalue weighted by molar-refractivity contribution is 5.79. The Morgan fingerprint density at radius 2 is 2.10 bits per heavy atom. The Hall–Kier alpha value is -1.65. The van der Waals surface area contributed by atoms with Crippen LogP contribution in [0.4, 0.5) is 0 Å². The second-order valence-electron chi connectivity index (χ2n) is 5.12. The third-order valence-corrected chi connectivity index (χ3v) is 3.96. The maximum absolute atomic E-state index is 10.8. The molecule has 1 heterocycles. The van der Waals surface area contributed by atoms with Crippen LogP contribution in [0.5, 0.6) is 5.75 Å². The van der Waals surface area contributed by atoms with Gasteiger partial charge in [0.15, 0.2) is 5.79 Å². The van der Waals surface area contributed by atoms with Gasteiger partial charge < -0.3 is 14.2 Å². The molecule has 0 radical (unpaired) electrons. The summed E-state index contributed by atoms with van der Waals surface area (Å²) in [6.45, 7) is 1.36. The molecule has 1 aliphatic carbocycles. The Bertz CT molecular complexity index is 541. The molecule has 0 amide bonds. The molecule has 0 atom stereocenters. The molecule has 0 bridgehead atoms. The second-order valence-corrected chi connectivity index (χ2v) is 5.12. The summed E-state index contributed by atoms with van der Waals surface area (Å²) < 4.78 is 16.8. The fourth-order valence-corrected chi connectivity index (χ4v) is 2.86. The molecule has 1 fully saturated rings. The zero-order valence-electron chi connectivity index (χ0n) is 11.6. The summed E-state index contributed by atoms with van der Waals surface area (Å²) in [7, 11) is 1.63. The Balaban J connectivity index is 1.86. The number of carbonyl (C=O) groups excluding carboxylic acids is 1. The monoisotopic (exact) mass is 274 g/mol. The van der Waals surface area contributed by atoms with E-state index in [4.69, 9.17) is 14.2 Å². The van der Waals surface area contributed by atoms with Gasteiger partial charge in [0.1, 0.15) is 12.0 Å². The minimum absolute atomic E-state index is 0.403. The highest BCUT2D eigenvalue weighted by Gasteiger charge is 2.37. The van der Waals surface area contributed by atoms with Crippen LogP contribution in [0.2, 0.25) is 0 Å². The fourth-order valence-electron chi connectivity index (χ4n) is 2.86. The van der Waals surface area contributed by atoms with Gasteiger partial charge in [0.2, 0.25) is 0 Å². The van der Waals surface area contributed by atoms with Crippen molar-refractivity contribution in [3.8, 4) is 5.75 Å². The van der Waals surface area contributed by atoms with E-state index in [9.17, 15) is 4.79 Å². The first kappa shape index (κ1) is 13.3. The highest BCUT2D eigenvalue weighted by Crippen LogP contribution is 2.40. The Morgan fingerprint density at radius 1 is 1.30 bits per heavy atom. The molecular weight excluding hydrogens is 256 g/mol. The number of methoxy groups -OCH3 is 1. The maximum Gasteiger partial charge on any atom is 0.172 e. The summed E-state index contributed by atoms with van der Waals surface area (Å²) in [6.07, 6.45) is 5.50. The van der Waals surface area contributed by atoms with Gasteiger partial charge in [-0.05, 0) is 18.1 Å². The zero-order valence-corrected chi connectivity index (χ0v) is 11.6. The minimum Gasteiger partial charge on any atom is -0.496 e. The predicted molar refractivity (Wildman–Crippen MR) is 74.8 cm³/mol. The largest absolute Gasteiger partial charge is 0.496 e. The predicted octanol–water partition coefficient (Wildman–Crippen LogP) is 2.82. The molecule has 3 rings (SSSR count). The van der Waals surface area contributed by atoms with Gasteiger partial charge >= 0.3 is 0 Å². The van der Waals surface area contributed by atoms with Crippen molar-refractivity contribution < 1.29 is 19.0 Å². The smallest absolute Gasteiger partial charge is 0.172 e. The van der Waals surface area contributed by atoms with Gasteiger partial charge in [0.25, 0.3) is 0 Å². The van der Waals surface area contributed by atoms with Crippen molar-refractivity contribution in [2.75, 3.05) is 20.3 Å². The fraction of sp³-hybridized carbons (Fsp3) is 0.438. The molecule has 0 aromatic heterocycles. The van der Waals surface area contributed by atoms with Gasteiger partial charge in [0, 0.05) is 24.0 Å². The number of allylic oxidation sites excluding steroid dienone is 1. The molecule has 1 aromatic carbocycles. The molecule has 0 unspecified atom stereocenters. The molecule has 0 saturated carbocycles. The van der Waals surface area contributed by atoms with Crippen molar-refractivity contribution in [3.05, 3.63) is 35.4 Å². The first-order chi connectivity index (χ1) is 9.76. The molecule has 1 saturated heterocycles. The summed E-state index contributed by atoms with van der Waals surface area (Å²) >= 11 is 0. The third kappa shape index (κ3) is 2.37. The van der Waals surface area contributed by atoms with E-state index in [-0.39, 0.29) is 0 Å². The number of carbonyl (C=O) groups is 1. The molecule has 106 valence electrons. The van der Waals surface area contributed by atoms with E-state index in [1.807, 2.05) is 12.1 Å². The Kier molecular flexibility index (Phi) is 3.59. The summed E-state index contributed by atoms with van der Waals surface area (Å²) in [5.74, 6) is 0.337. The van der Waals surface area contributed by atoms with Gasteiger partial charge in [-0.2, -0.15) is 0 Å². The van der Waals surface area contributed by atoms with Gasteiger partial charge in [0.05, 0.1) is 20.3 Å². The van der Waals surface area contributed by atoms with Crippen LogP contribution in [0.25, 0.3) is 5.57 Å². The summed E-state index contributed by atoms with van der Waals surface area (Å²) in [5, 5.41) is 0. The quantitative estimate of drug-likeness (QED) is 0.795. The lowest BCUT2D eigenvalue weighted by molar-refractivity contribution is -0.159. The van der Waals surface area contributed by atoms with Crippen molar-refractivity contribution in [1.29, 1.82) is 0 Å². The number of benzene rings is 1. The van der Waals surface area contributed by atoms with Crippen LogP contribution in [-0.4, -0.2) is 32.4 Å². The summed E-state index contributed by atoms with van der Waals surface area (Å²) in [4.78, 5) is 10.8. The highest BCUT2D eigenvalue weighted by atomic mass is 16.7. The van der Waals surface area contributed by atoms with E-state index in [0.29, 0.717) is 18.8 Å². The van der Waals surface area contributed by atoms with E-state index < -0.39 is 5.79 Å². The Morgan fingerprint density at radius 3 is 2.70 bits per heavy atom. The van der Waals surface area contributed by atoms with Crippen LogP contribution < -0.4 is 4.74 Å². The normalized spacial score (nSPS) is 20.8. The molecule has 20 heavy (non-hydrogen) atoms. The lowest BCUT2D eigenvalue weighted by Crippen LogP contribution is -2.31. The molecule has 4 heteroatoms. The standard InChI is InChI=1S/C16H18O4/c1-18-15-10-12(11-17)2-3-14(15)13-4-6-16(7-5-13)19-8-9-20-16/h2-4,10-11H,5-9H2,1H3. The maximum atomic E-state index is 10.8. The third-order valence-electron chi connectivity index (χ3n) is 3.96. The first-order valence-electron chi connectivity index (χ1n) is 6.87. The number of ether oxygens (including phenoxy) is 3. The molecule has 1 spiro atoms. The van der Waals surface area contributed by atoms with Gasteiger partial charge in [-0.1, -0.05) is 18.2 Å². The van der Waals surface area contributed by atoms with Crippen molar-refractivity contribution in [1.82, 2.24) is 0 Å². The lowest BCUT2D eigenvalue weighted by Gasteiger charge is -2.31. The number of hydrogen-bond acceptors (Lipinski definition) is 4. The van der Waals surface area contributed by atoms with E-state index in [2.05, 4.69) is 6.08 Å². The molecule has 1 aromatic rings. The van der Waals surface area contributed by atoms with E-state index in [1.165, 1.54) is 5.57 Å². The molecular formula is C16H18O4. The molecule has 1 aliphatic heterocycles. The summed E-state index contributed by atoms with van der Waals surface area (Å²) in [5.41, 5.74) is 2.90. The van der Waals surface area contributed by atoms with E-state index in [0.717, 1.165) is 36.9 Å². The average Bonchev–Trinajstić information content (AvgIpc) is 2.96. The van der Waals surface area contributed by atoms with E-state index in [1.54, 1.807) is 13.2 Å².